The summed E-state index contributed by atoms with van der Waals surface area (Å²) in [6, 6.07) is 0.677. The molecule has 1 N–H and O–H groups in total. The first-order valence-corrected chi connectivity index (χ1v) is 7.30. The zero-order valence-corrected chi connectivity index (χ0v) is 10.9. The van der Waals surface area contributed by atoms with Gasteiger partial charge in [-0.3, -0.25) is 9.69 Å². The molecule has 0 amide bonds. The van der Waals surface area contributed by atoms with Gasteiger partial charge in [0.2, 0.25) is 0 Å². The van der Waals surface area contributed by atoms with Gasteiger partial charge >= 0.3 is 5.97 Å². The van der Waals surface area contributed by atoms with E-state index >= 15 is 0 Å². The summed E-state index contributed by atoms with van der Waals surface area (Å²) in [5.74, 6) is 0.180. The number of hydrogen-bond acceptors (Lipinski definition) is 3. The maximum atomic E-state index is 11.5. The Hall–Kier alpha value is -0.610. The van der Waals surface area contributed by atoms with Crippen molar-refractivity contribution in [3.8, 4) is 0 Å². The second-order valence-electron chi connectivity index (χ2n) is 6.10. The molecule has 102 valence electrons. The topological polar surface area (TPSA) is 49.8 Å². The summed E-state index contributed by atoms with van der Waals surface area (Å²) < 4.78 is 5.40. The largest absolute Gasteiger partial charge is 0.481 e. The standard InChI is InChI=1S/C14H23NO3/c16-14(17)13-9-15(11-2-1-3-11)8-12(13)10-4-6-18-7-5-10/h10-13H,1-9H2,(H,16,17)/t12-,13+/m0/s1. The van der Waals surface area contributed by atoms with E-state index in [0.29, 0.717) is 17.9 Å². The highest BCUT2D eigenvalue weighted by molar-refractivity contribution is 5.71. The van der Waals surface area contributed by atoms with Gasteiger partial charge in [0.15, 0.2) is 0 Å². The number of rotatable bonds is 3. The Balaban J connectivity index is 1.67. The molecule has 2 atom stereocenters. The molecule has 3 fully saturated rings. The zero-order valence-electron chi connectivity index (χ0n) is 10.9. The maximum Gasteiger partial charge on any atom is 0.308 e. The van der Waals surface area contributed by atoms with Crippen molar-refractivity contribution in [3.63, 3.8) is 0 Å². The van der Waals surface area contributed by atoms with Crippen LogP contribution in [0, 0.1) is 17.8 Å². The van der Waals surface area contributed by atoms with E-state index in [1.165, 1.54) is 19.3 Å². The van der Waals surface area contributed by atoms with Crippen LogP contribution in [0.15, 0.2) is 0 Å². The molecule has 0 aromatic heterocycles. The Morgan fingerprint density at radius 3 is 2.39 bits per heavy atom. The third-order valence-corrected chi connectivity index (χ3v) is 5.17. The highest BCUT2D eigenvalue weighted by atomic mass is 16.5. The molecule has 0 aromatic carbocycles. The van der Waals surface area contributed by atoms with Crippen molar-refractivity contribution in [1.29, 1.82) is 0 Å². The first-order chi connectivity index (χ1) is 8.75. The van der Waals surface area contributed by atoms with E-state index in [0.717, 1.165) is 39.1 Å². The molecule has 4 heteroatoms. The van der Waals surface area contributed by atoms with Crippen LogP contribution in [0.5, 0.6) is 0 Å². The molecule has 0 radical (unpaired) electrons. The highest BCUT2D eigenvalue weighted by Crippen LogP contribution is 2.39. The Bertz CT molecular complexity index is 310. The Morgan fingerprint density at radius 2 is 1.83 bits per heavy atom. The predicted molar refractivity (Wildman–Crippen MR) is 67.4 cm³/mol. The van der Waals surface area contributed by atoms with Crippen LogP contribution in [0.4, 0.5) is 0 Å². The molecule has 0 unspecified atom stereocenters. The Labute approximate surface area is 108 Å². The molecular weight excluding hydrogens is 230 g/mol. The summed E-state index contributed by atoms with van der Waals surface area (Å²) in [6.07, 6.45) is 5.96. The van der Waals surface area contributed by atoms with Gasteiger partial charge in [0, 0.05) is 32.3 Å². The summed E-state index contributed by atoms with van der Waals surface area (Å²) in [7, 11) is 0. The van der Waals surface area contributed by atoms with Gasteiger partial charge in [0.25, 0.3) is 0 Å². The number of aliphatic carboxylic acids is 1. The van der Waals surface area contributed by atoms with Crippen molar-refractivity contribution in [3.05, 3.63) is 0 Å². The van der Waals surface area contributed by atoms with Gasteiger partial charge in [-0.15, -0.1) is 0 Å². The first-order valence-electron chi connectivity index (χ1n) is 7.30. The van der Waals surface area contributed by atoms with Crippen molar-refractivity contribution in [2.45, 2.75) is 38.1 Å². The van der Waals surface area contributed by atoms with E-state index in [9.17, 15) is 9.90 Å². The van der Waals surface area contributed by atoms with Crippen molar-refractivity contribution >= 4 is 5.97 Å². The maximum absolute atomic E-state index is 11.5. The molecule has 1 saturated carbocycles. The fourth-order valence-corrected chi connectivity index (χ4v) is 3.79. The number of carboxylic acid groups (broad SMARTS) is 1. The minimum absolute atomic E-state index is 0.145. The van der Waals surface area contributed by atoms with E-state index in [4.69, 9.17) is 4.74 Å². The van der Waals surface area contributed by atoms with Crippen molar-refractivity contribution in [2.24, 2.45) is 17.8 Å². The monoisotopic (exact) mass is 253 g/mol. The third-order valence-electron chi connectivity index (χ3n) is 5.17. The second-order valence-corrected chi connectivity index (χ2v) is 6.10. The van der Waals surface area contributed by atoms with Gasteiger partial charge in [-0.2, -0.15) is 0 Å². The van der Waals surface area contributed by atoms with Gasteiger partial charge < -0.3 is 9.84 Å². The summed E-state index contributed by atoms with van der Waals surface area (Å²) in [5, 5.41) is 9.45. The normalized spacial score (nSPS) is 35.6. The summed E-state index contributed by atoms with van der Waals surface area (Å²) in [4.78, 5) is 13.9. The Kier molecular flexibility index (Phi) is 3.57. The second kappa shape index (κ2) is 5.17. The van der Waals surface area contributed by atoms with Crippen molar-refractivity contribution < 1.29 is 14.6 Å². The summed E-state index contributed by atoms with van der Waals surface area (Å²) in [6.45, 7) is 3.42. The molecule has 4 nitrogen and oxygen atoms in total. The SMILES string of the molecule is O=C(O)[C@@H]1CN(C2CCC2)C[C@H]1C1CCOCC1. The third kappa shape index (κ3) is 2.28. The lowest BCUT2D eigenvalue weighted by atomic mass is 9.79. The van der Waals surface area contributed by atoms with Crippen molar-refractivity contribution in [2.75, 3.05) is 26.3 Å². The average Bonchev–Trinajstić information content (AvgIpc) is 2.73. The fraction of sp³-hybridized carbons (Fsp3) is 0.929. The molecule has 1 aliphatic carbocycles. The van der Waals surface area contributed by atoms with Crippen LogP contribution in [-0.2, 0) is 9.53 Å². The van der Waals surface area contributed by atoms with Crippen LogP contribution in [0.2, 0.25) is 0 Å². The van der Waals surface area contributed by atoms with E-state index in [1.807, 2.05) is 0 Å². The minimum atomic E-state index is -0.590. The summed E-state index contributed by atoms with van der Waals surface area (Å²) in [5.41, 5.74) is 0. The van der Waals surface area contributed by atoms with Crippen molar-refractivity contribution in [1.82, 2.24) is 4.90 Å². The number of nitrogens with zero attached hydrogens (tertiary/aromatic N) is 1. The number of hydrogen-bond donors (Lipinski definition) is 1. The van der Waals surface area contributed by atoms with Gasteiger partial charge in [-0.05, 0) is 37.5 Å². The lowest BCUT2D eigenvalue weighted by molar-refractivity contribution is -0.143. The van der Waals surface area contributed by atoms with Crippen LogP contribution in [0.25, 0.3) is 0 Å². The van der Waals surface area contributed by atoms with E-state index in [1.54, 1.807) is 0 Å². The van der Waals surface area contributed by atoms with E-state index in [-0.39, 0.29) is 5.92 Å². The van der Waals surface area contributed by atoms with Gasteiger partial charge in [-0.1, -0.05) is 6.42 Å². The molecule has 3 aliphatic rings. The van der Waals surface area contributed by atoms with E-state index < -0.39 is 5.97 Å². The molecular formula is C14H23NO3. The smallest absolute Gasteiger partial charge is 0.308 e. The fourth-order valence-electron chi connectivity index (χ4n) is 3.79. The number of carbonyl (C=O) groups is 1. The predicted octanol–water partition coefficient (Wildman–Crippen LogP) is 1.60. The van der Waals surface area contributed by atoms with Crippen LogP contribution >= 0.6 is 0 Å². The zero-order chi connectivity index (χ0) is 12.5. The highest BCUT2D eigenvalue weighted by Gasteiger charge is 2.44. The van der Waals surface area contributed by atoms with Gasteiger partial charge in [0.05, 0.1) is 5.92 Å². The average molecular weight is 253 g/mol. The van der Waals surface area contributed by atoms with Crippen LogP contribution < -0.4 is 0 Å². The molecule has 0 bridgehead atoms. The lowest BCUT2D eigenvalue weighted by Crippen LogP contribution is -2.39. The molecule has 2 saturated heterocycles. The number of likely N-dealkylation sites (tertiary alicyclic amines) is 1. The summed E-state index contributed by atoms with van der Waals surface area (Å²) >= 11 is 0. The lowest BCUT2D eigenvalue weighted by Gasteiger charge is -2.35. The number of ether oxygens (including phenoxy) is 1. The quantitative estimate of drug-likeness (QED) is 0.830. The Morgan fingerprint density at radius 1 is 1.11 bits per heavy atom. The molecule has 3 rings (SSSR count). The minimum Gasteiger partial charge on any atom is -0.481 e. The molecule has 18 heavy (non-hydrogen) atoms. The molecule has 2 aliphatic heterocycles. The molecule has 2 heterocycles. The first kappa shape index (κ1) is 12.4. The number of carboxylic acids is 1. The van der Waals surface area contributed by atoms with E-state index in [2.05, 4.69) is 4.90 Å². The van der Waals surface area contributed by atoms with Crippen LogP contribution in [0.3, 0.4) is 0 Å². The van der Waals surface area contributed by atoms with Crippen LogP contribution in [0.1, 0.15) is 32.1 Å². The molecule has 0 spiro atoms. The van der Waals surface area contributed by atoms with Gasteiger partial charge in [0.1, 0.15) is 0 Å². The van der Waals surface area contributed by atoms with Gasteiger partial charge in [-0.25, -0.2) is 0 Å². The molecule has 0 aromatic rings. The van der Waals surface area contributed by atoms with Crippen LogP contribution in [-0.4, -0.2) is 48.3 Å².